The predicted molar refractivity (Wildman–Crippen MR) is 60.9 cm³/mol. The van der Waals surface area contributed by atoms with Gasteiger partial charge in [-0.05, 0) is 11.1 Å². The Hall–Kier alpha value is -1.63. The first-order valence-electron chi connectivity index (χ1n) is 4.64. The third-order valence-electron chi connectivity index (χ3n) is 2.16. The van der Waals surface area contributed by atoms with Crippen LogP contribution in [-0.4, -0.2) is 5.78 Å². The summed E-state index contributed by atoms with van der Waals surface area (Å²) in [5.41, 5.74) is 2.41. The second-order valence-electron chi connectivity index (χ2n) is 3.05. The average Bonchev–Trinajstić information content (AvgIpc) is 2.26. The van der Waals surface area contributed by atoms with Gasteiger partial charge >= 0.3 is 0 Å². The minimum absolute atomic E-state index is 0.0827. The van der Waals surface area contributed by atoms with E-state index in [9.17, 15) is 4.79 Å². The summed E-state index contributed by atoms with van der Waals surface area (Å²) in [6.07, 6.45) is 2.23. The zero-order valence-corrected chi connectivity index (χ0v) is 8.42. The van der Waals surface area contributed by atoms with Gasteiger partial charge in [0.2, 0.25) is 0 Å². The van der Waals surface area contributed by atoms with Crippen molar-refractivity contribution in [2.24, 2.45) is 0 Å². The van der Waals surface area contributed by atoms with Crippen molar-refractivity contribution >= 4 is 17.4 Å². The Morgan fingerprint density at radius 3 is 2.64 bits per heavy atom. The molecule has 0 N–H and O–H groups in total. The molecular formula is C13H14O. The van der Waals surface area contributed by atoms with Crippen LogP contribution in [0.2, 0.25) is 0 Å². The number of ketones is 1. The SMILES string of the molecule is C=Cc1ccccc1C(=C)C(=O)CC. The number of carbonyl (C=O) groups is 1. The van der Waals surface area contributed by atoms with Crippen molar-refractivity contribution in [1.29, 1.82) is 0 Å². The van der Waals surface area contributed by atoms with Gasteiger partial charge in [-0.3, -0.25) is 4.79 Å². The van der Waals surface area contributed by atoms with Gasteiger partial charge in [-0.15, -0.1) is 0 Å². The Balaban J connectivity index is 3.12. The summed E-state index contributed by atoms with van der Waals surface area (Å²) in [4.78, 5) is 11.4. The van der Waals surface area contributed by atoms with Gasteiger partial charge in [0, 0.05) is 12.0 Å². The Bertz CT molecular complexity index is 375. The van der Waals surface area contributed by atoms with Crippen molar-refractivity contribution in [1.82, 2.24) is 0 Å². The van der Waals surface area contributed by atoms with Crippen molar-refractivity contribution in [2.45, 2.75) is 13.3 Å². The lowest BCUT2D eigenvalue weighted by Crippen LogP contribution is -1.99. The van der Waals surface area contributed by atoms with Gasteiger partial charge in [0.1, 0.15) is 0 Å². The number of benzene rings is 1. The molecule has 0 amide bonds. The van der Waals surface area contributed by atoms with Gasteiger partial charge in [-0.1, -0.05) is 50.4 Å². The minimum Gasteiger partial charge on any atom is -0.294 e. The molecule has 0 fully saturated rings. The lowest BCUT2D eigenvalue weighted by atomic mass is 9.97. The van der Waals surface area contributed by atoms with Crippen LogP contribution in [0.25, 0.3) is 11.6 Å². The fourth-order valence-corrected chi connectivity index (χ4v) is 1.31. The van der Waals surface area contributed by atoms with E-state index in [0.29, 0.717) is 12.0 Å². The first-order valence-corrected chi connectivity index (χ1v) is 4.64. The molecule has 0 unspecified atom stereocenters. The zero-order chi connectivity index (χ0) is 10.6. The van der Waals surface area contributed by atoms with Crippen LogP contribution in [0, 0.1) is 0 Å². The van der Waals surface area contributed by atoms with E-state index in [4.69, 9.17) is 0 Å². The number of hydrogen-bond acceptors (Lipinski definition) is 1. The molecule has 1 aromatic carbocycles. The Morgan fingerprint density at radius 1 is 1.43 bits per heavy atom. The van der Waals surface area contributed by atoms with E-state index in [0.717, 1.165) is 11.1 Å². The van der Waals surface area contributed by atoms with Crippen molar-refractivity contribution in [2.75, 3.05) is 0 Å². The fraction of sp³-hybridized carbons (Fsp3) is 0.154. The molecule has 0 atom stereocenters. The van der Waals surface area contributed by atoms with Crippen LogP contribution in [0.4, 0.5) is 0 Å². The first-order chi connectivity index (χ1) is 6.70. The van der Waals surface area contributed by atoms with E-state index in [1.165, 1.54) is 0 Å². The van der Waals surface area contributed by atoms with E-state index in [1.54, 1.807) is 6.08 Å². The van der Waals surface area contributed by atoms with E-state index in [-0.39, 0.29) is 5.78 Å². The molecule has 14 heavy (non-hydrogen) atoms. The van der Waals surface area contributed by atoms with Gasteiger partial charge in [0.25, 0.3) is 0 Å². The molecule has 0 saturated carbocycles. The normalized spacial score (nSPS) is 9.50. The molecule has 0 heterocycles. The van der Waals surface area contributed by atoms with Gasteiger partial charge in [-0.25, -0.2) is 0 Å². The maximum Gasteiger partial charge on any atom is 0.162 e. The summed E-state index contributed by atoms with van der Waals surface area (Å²) < 4.78 is 0. The van der Waals surface area contributed by atoms with Gasteiger partial charge in [0.05, 0.1) is 0 Å². The molecule has 0 spiro atoms. The summed E-state index contributed by atoms with van der Waals surface area (Å²) in [5, 5.41) is 0. The van der Waals surface area contributed by atoms with Crippen LogP contribution in [0.1, 0.15) is 24.5 Å². The smallest absolute Gasteiger partial charge is 0.162 e. The third-order valence-corrected chi connectivity index (χ3v) is 2.16. The second-order valence-corrected chi connectivity index (χ2v) is 3.05. The van der Waals surface area contributed by atoms with Crippen LogP contribution in [0.5, 0.6) is 0 Å². The highest BCUT2D eigenvalue weighted by molar-refractivity contribution is 6.20. The summed E-state index contributed by atoms with van der Waals surface area (Å²) in [6, 6.07) is 7.64. The highest BCUT2D eigenvalue weighted by atomic mass is 16.1. The Morgan fingerprint density at radius 2 is 2.07 bits per heavy atom. The molecule has 0 radical (unpaired) electrons. The summed E-state index contributed by atoms with van der Waals surface area (Å²) in [5.74, 6) is 0.0827. The number of allylic oxidation sites excluding steroid dienone is 1. The molecule has 72 valence electrons. The molecule has 1 heteroatoms. The highest BCUT2D eigenvalue weighted by Crippen LogP contribution is 2.20. The maximum absolute atomic E-state index is 11.4. The van der Waals surface area contributed by atoms with E-state index in [1.807, 2.05) is 31.2 Å². The molecule has 0 saturated heterocycles. The molecule has 0 aliphatic carbocycles. The molecule has 0 aromatic heterocycles. The minimum atomic E-state index is 0.0827. The lowest BCUT2D eigenvalue weighted by molar-refractivity contribution is -0.113. The molecule has 0 aliphatic heterocycles. The summed E-state index contributed by atoms with van der Waals surface area (Å²) >= 11 is 0. The molecule has 1 aromatic rings. The van der Waals surface area contributed by atoms with Crippen molar-refractivity contribution in [3.8, 4) is 0 Å². The Labute approximate surface area is 84.8 Å². The van der Waals surface area contributed by atoms with Crippen LogP contribution in [0.15, 0.2) is 37.4 Å². The van der Waals surface area contributed by atoms with Gasteiger partial charge in [0.15, 0.2) is 5.78 Å². The molecule has 0 aliphatic rings. The maximum atomic E-state index is 11.4. The van der Waals surface area contributed by atoms with E-state index >= 15 is 0 Å². The molecular weight excluding hydrogens is 172 g/mol. The van der Waals surface area contributed by atoms with E-state index in [2.05, 4.69) is 13.2 Å². The Kier molecular flexibility index (Phi) is 3.41. The number of hydrogen-bond donors (Lipinski definition) is 0. The average molecular weight is 186 g/mol. The monoisotopic (exact) mass is 186 g/mol. The predicted octanol–water partition coefficient (Wildman–Crippen LogP) is 3.32. The topological polar surface area (TPSA) is 17.1 Å². The van der Waals surface area contributed by atoms with Crippen LogP contribution in [-0.2, 0) is 4.79 Å². The summed E-state index contributed by atoms with van der Waals surface area (Å²) in [7, 11) is 0. The van der Waals surface area contributed by atoms with Crippen molar-refractivity contribution in [3.63, 3.8) is 0 Å². The largest absolute Gasteiger partial charge is 0.294 e. The van der Waals surface area contributed by atoms with Crippen LogP contribution >= 0.6 is 0 Å². The number of carbonyl (C=O) groups excluding carboxylic acids is 1. The van der Waals surface area contributed by atoms with Crippen LogP contribution < -0.4 is 0 Å². The first kappa shape index (κ1) is 10.5. The third kappa shape index (κ3) is 1.99. The van der Waals surface area contributed by atoms with Crippen molar-refractivity contribution in [3.05, 3.63) is 48.6 Å². The molecule has 1 nitrogen and oxygen atoms in total. The lowest BCUT2D eigenvalue weighted by Gasteiger charge is -2.06. The van der Waals surface area contributed by atoms with Gasteiger partial charge in [-0.2, -0.15) is 0 Å². The summed E-state index contributed by atoms with van der Waals surface area (Å²) in [6.45, 7) is 9.35. The zero-order valence-electron chi connectivity index (χ0n) is 8.42. The highest BCUT2D eigenvalue weighted by Gasteiger charge is 2.09. The van der Waals surface area contributed by atoms with Crippen LogP contribution in [0.3, 0.4) is 0 Å². The van der Waals surface area contributed by atoms with Gasteiger partial charge < -0.3 is 0 Å². The quantitative estimate of drug-likeness (QED) is 0.659. The fourth-order valence-electron chi connectivity index (χ4n) is 1.31. The van der Waals surface area contributed by atoms with Crippen molar-refractivity contribution < 1.29 is 4.79 Å². The standard InChI is InChI=1S/C13H14O/c1-4-11-8-6-7-9-12(11)10(3)13(14)5-2/h4,6-9H,1,3,5H2,2H3. The number of rotatable bonds is 4. The second kappa shape index (κ2) is 4.56. The number of Topliss-reactive ketones (excluding diaryl/α,β-unsaturated/α-hetero) is 1. The van der Waals surface area contributed by atoms with E-state index < -0.39 is 0 Å². The molecule has 0 bridgehead atoms. The molecule has 1 rings (SSSR count).